The van der Waals surface area contributed by atoms with E-state index >= 15 is 0 Å². The molecule has 0 spiro atoms. The fourth-order valence-electron chi connectivity index (χ4n) is 2.74. The predicted octanol–water partition coefficient (Wildman–Crippen LogP) is 7.09. The van der Waals surface area contributed by atoms with Gasteiger partial charge < -0.3 is 14.2 Å². The summed E-state index contributed by atoms with van der Waals surface area (Å²) in [5.74, 6) is -1.48. The van der Waals surface area contributed by atoms with Gasteiger partial charge in [-0.15, -0.1) is 0 Å². The standard InChI is InChI=1S/C19H20FNO4.C8H7ClO2/c1-2-3-11-24-18(22)16-10-9-15(12-17(16)20)21-19(23)25-13-14-7-5-4-6-8-14;9-8(10)11-6-7-4-2-1-3-5-7/h4-10,12H,2-3,11,13H2,1H3,(H,21,23);1-5H,6H2. The maximum Gasteiger partial charge on any atom is 0.411 e. The number of carbonyl (C=O) groups excluding carboxylic acids is 3. The van der Waals surface area contributed by atoms with Crippen LogP contribution >= 0.6 is 11.6 Å². The minimum Gasteiger partial charge on any atom is -0.462 e. The van der Waals surface area contributed by atoms with Crippen molar-refractivity contribution < 1.29 is 33.0 Å². The van der Waals surface area contributed by atoms with Gasteiger partial charge in [-0.2, -0.15) is 0 Å². The Morgan fingerprint density at radius 2 is 1.42 bits per heavy atom. The number of nitrogens with one attached hydrogen (secondary N) is 1. The van der Waals surface area contributed by atoms with Crippen LogP contribution in [0, 0.1) is 5.82 Å². The Hall–Kier alpha value is -3.91. The average Bonchev–Trinajstić information content (AvgIpc) is 2.88. The monoisotopic (exact) mass is 515 g/mol. The Kier molecular flexibility index (Phi) is 12.5. The Bertz CT molecular complexity index is 1110. The van der Waals surface area contributed by atoms with E-state index in [2.05, 4.69) is 10.1 Å². The average molecular weight is 516 g/mol. The van der Waals surface area contributed by atoms with Gasteiger partial charge in [-0.25, -0.2) is 18.8 Å². The highest BCUT2D eigenvalue weighted by molar-refractivity contribution is 6.61. The van der Waals surface area contributed by atoms with Crippen LogP contribution in [0.1, 0.15) is 41.3 Å². The van der Waals surface area contributed by atoms with E-state index in [1.54, 1.807) is 0 Å². The lowest BCUT2D eigenvalue weighted by Crippen LogP contribution is -2.14. The third-order valence-electron chi connectivity index (χ3n) is 4.57. The smallest absolute Gasteiger partial charge is 0.411 e. The quantitative estimate of drug-likeness (QED) is 0.141. The lowest BCUT2D eigenvalue weighted by Gasteiger charge is -2.09. The highest BCUT2D eigenvalue weighted by Gasteiger charge is 2.14. The predicted molar refractivity (Wildman–Crippen MR) is 134 cm³/mol. The molecule has 0 aliphatic rings. The van der Waals surface area contributed by atoms with Crippen LogP contribution in [-0.4, -0.2) is 24.1 Å². The van der Waals surface area contributed by atoms with E-state index in [0.717, 1.165) is 30.0 Å². The third kappa shape index (κ3) is 11.0. The normalized spacial score (nSPS) is 9.86. The van der Waals surface area contributed by atoms with Gasteiger partial charge in [0.2, 0.25) is 0 Å². The molecule has 0 aromatic heterocycles. The number of carbonyl (C=O) groups is 3. The lowest BCUT2D eigenvalue weighted by molar-refractivity contribution is 0.0494. The van der Waals surface area contributed by atoms with Crippen molar-refractivity contribution in [2.45, 2.75) is 33.0 Å². The number of esters is 1. The van der Waals surface area contributed by atoms with Gasteiger partial charge in [0.05, 0.1) is 12.2 Å². The Morgan fingerprint density at radius 1 is 0.833 bits per heavy atom. The fourth-order valence-corrected chi connectivity index (χ4v) is 2.79. The van der Waals surface area contributed by atoms with Crippen molar-refractivity contribution in [2.24, 2.45) is 0 Å². The van der Waals surface area contributed by atoms with Crippen molar-refractivity contribution in [3.63, 3.8) is 0 Å². The molecule has 0 saturated heterocycles. The Labute approximate surface area is 214 Å². The van der Waals surface area contributed by atoms with Gasteiger partial charge in [-0.05, 0) is 35.7 Å². The minimum absolute atomic E-state index is 0.108. The summed E-state index contributed by atoms with van der Waals surface area (Å²) in [6.45, 7) is 2.56. The molecule has 3 rings (SSSR count). The summed E-state index contributed by atoms with van der Waals surface area (Å²) < 4.78 is 28.6. The van der Waals surface area contributed by atoms with Crippen LogP contribution in [0.15, 0.2) is 78.9 Å². The number of hydrogen-bond acceptors (Lipinski definition) is 6. The highest BCUT2D eigenvalue weighted by atomic mass is 35.5. The van der Waals surface area contributed by atoms with Crippen LogP contribution in [0.4, 0.5) is 19.7 Å². The number of ether oxygens (including phenoxy) is 3. The molecule has 190 valence electrons. The van der Waals surface area contributed by atoms with Gasteiger partial charge in [-0.1, -0.05) is 74.0 Å². The molecule has 1 N–H and O–H groups in total. The molecule has 0 bridgehead atoms. The molecule has 0 aliphatic heterocycles. The highest BCUT2D eigenvalue weighted by Crippen LogP contribution is 2.16. The number of benzene rings is 3. The molecule has 1 amide bonds. The summed E-state index contributed by atoms with van der Waals surface area (Å²) in [5, 5.41) is 2.42. The van der Waals surface area contributed by atoms with Gasteiger partial charge in [-0.3, -0.25) is 5.32 Å². The molecule has 7 nitrogen and oxygen atoms in total. The molecule has 3 aromatic rings. The number of anilines is 1. The fraction of sp³-hybridized carbons (Fsp3) is 0.222. The van der Waals surface area contributed by atoms with Crippen molar-refractivity contribution in [3.05, 3.63) is 101 Å². The third-order valence-corrected chi connectivity index (χ3v) is 4.68. The SMILES string of the molecule is CCCCOC(=O)c1ccc(NC(=O)OCc2ccccc2)cc1F.O=C(Cl)OCc1ccccc1. The first kappa shape index (κ1) is 28.3. The number of rotatable bonds is 9. The first-order valence-electron chi connectivity index (χ1n) is 11.2. The van der Waals surface area contributed by atoms with E-state index in [1.807, 2.05) is 67.6 Å². The summed E-state index contributed by atoms with van der Waals surface area (Å²) in [5.41, 5.74) is 1.03. The molecular weight excluding hydrogens is 489 g/mol. The first-order valence-corrected chi connectivity index (χ1v) is 11.6. The zero-order valence-electron chi connectivity index (χ0n) is 19.7. The minimum atomic E-state index is -0.770. The largest absolute Gasteiger partial charge is 0.462 e. The second-order valence-electron chi connectivity index (χ2n) is 7.38. The lowest BCUT2D eigenvalue weighted by atomic mass is 10.2. The molecule has 0 heterocycles. The van der Waals surface area contributed by atoms with Crippen molar-refractivity contribution in [1.29, 1.82) is 0 Å². The summed E-state index contributed by atoms with van der Waals surface area (Å²) in [7, 11) is 0. The molecule has 0 atom stereocenters. The van der Waals surface area contributed by atoms with Crippen molar-refractivity contribution in [1.82, 2.24) is 0 Å². The summed E-state index contributed by atoms with van der Waals surface area (Å²) >= 11 is 4.97. The Balaban J connectivity index is 0.000000346. The molecular formula is C27H27ClFNO6. The van der Waals surface area contributed by atoms with Crippen LogP contribution in [0.5, 0.6) is 0 Å². The number of unbranched alkanes of at least 4 members (excludes halogenated alkanes) is 1. The first-order chi connectivity index (χ1) is 17.4. The molecule has 9 heteroatoms. The van der Waals surface area contributed by atoms with Gasteiger partial charge in [0, 0.05) is 17.3 Å². The maximum absolute atomic E-state index is 14.0. The van der Waals surface area contributed by atoms with Gasteiger partial charge in [0.15, 0.2) is 0 Å². The van der Waals surface area contributed by atoms with Crippen LogP contribution in [0.3, 0.4) is 0 Å². The molecule has 0 saturated carbocycles. The van der Waals surface area contributed by atoms with E-state index in [-0.39, 0.29) is 31.1 Å². The van der Waals surface area contributed by atoms with Crippen molar-refractivity contribution >= 4 is 34.8 Å². The van der Waals surface area contributed by atoms with E-state index < -0.39 is 23.3 Å². The van der Waals surface area contributed by atoms with Gasteiger partial charge in [0.25, 0.3) is 0 Å². The van der Waals surface area contributed by atoms with Crippen LogP contribution in [0.2, 0.25) is 0 Å². The topological polar surface area (TPSA) is 90.9 Å². The number of halogens is 2. The zero-order valence-corrected chi connectivity index (χ0v) is 20.5. The Morgan fingerprint density at radius 3 is 1.94 bits per heavy atom. The van der Waals surface area contributed by atoms with Crippen molar-refractivity contribution in [3.8, 4) is 0 Å². The van der Waals surface area contributed by atoms with Gasteiger partial charge in [0.1, 0.15) is 19.0 Å². The summed E-state index contributed by atoms with van der Waals surface area (Å²) in [4.78, 5) is 33.7. The summed E-state index contributed by atoms with van der Waals surface area (Å²) in [6, 6.07) is 22.3. The summed E-state index contributed by atoms with van der Waals surface area (Å²) in [6.07, 6.45) is 0.894. The van der Waals surface area contributed by atoms with E-state index in [0.29, 0.717) is 0 Å². The molecule has 0 aliphatic carbocycles. The van der Waals surface area contributed by atoms with E-state index in [4.69, 9.17) is 21.1 Å². The van der Waals surface area contributed by atoms with E-state index in [1.165, 1.54) is 12.1 Å². The number of amides is 1. The second-order valence-corrected chi connectivity index (χ2v) is 7.69. The molecule has 36 heavy (non-hydrogen) atoms. The maximum atomic E-state index is 14.0. The number of hydrogen-bond donors (Lipinski definition) is 1. The zero-order chi connectivity index (χ0) is 26.2. The van der Waals surface area contributed by atoms with Gasteiger partial charge >= 0.3 is 17.5 Å². The molecule has 0 radical (unpaired) electrons. The molecule has 0 unspecified atom stereocenters. The van der Waals surface area contributed by atoms with E-state index in [9.17, 15) is 18.8 Å². The van der Waals surface area contributed by atoms with Crippen LogP contribution < -0.4 is 5.32 Å². The van der Waals surface area contributed by atoms with Crippen molar-refractivity contribution in [2.75, 3.05) is 11.9 Å². The molecule has 3 aromatic carbocycles. The second kappa shape index (κ2) is 15.9. The van der Waals surface area contributed by atoms with Crippen LogP contribution in [-0.2, 0) is 27.4 Å². The van der Waals surface area contributed by atoms with Crippen LogP contribution in [0.25, 0.3) is 0 Å². The molecule has 0 fully saturated rings.